The first-order valence-electron chi connectivity index (χ1n) is 7.35. The molecule has 0 saturated heterocycles. The standard InChI is InChI=1S/C18H14N4O/c23-18-15-4-3-13(21-11-12-5-8-19-9-6-12)10-16(15)14-2-1-7-20-17(14)22-18/h1-10,21H,11H2,(H,20,22,23). The summed E-state index contributed by atoms with van der Waals surface area (Å²) in [6.07, 6.45) is 5.22. The topological polar surface area (TPSA) is 70.7 Å². The molecule has 112 valence electrons. The van der Waals surface area contributed by atoms with E-state index in [1.807, 2.05) is 42.5 Å². The number of benzene rings is 1. The molecule has 23 heavy (non-hydrogen) atoms. The lowest BCUT2D eigenvalue weighted by atomic mass is 10.1. The molecule has 0 fully saturated rings. The highest BCUT2D eigenvalue weighted by molar-refractivity contribution is 6.05. The van der Waals surface area contributed by atoms with Crippen molar-refractivity contribution < 1.29 is 0 Å². The Bertz CT molecular complexity index is 1040. The van der Waals surface area contributed by atoms with Crippen molar-refractivity contribution in [3.05, 3.63) is 77.0 Å². The first-order chi connectivity index (χ1) is 11.3. The van der Waals surface area contributed by atoms with E-state index in [2.05, 4.69) is 20.3 Å². The molecule has 0 unspecified atom stereocenters. The Labute approximate surface area is 132 Å². The van der Waals surface area contributed by atoms with Crippen molar-refractivity contribution >= 4 is 27.5 Å². The smallest absolute Gasteiger partial charge is 0.257 e. The van der Waals surface area contributed by atoms with Crippen molar-refractivity contribution in [2.45, 2.75) is 6.54 Å². The van der Waals surface area contributed by atoms with Gasteiger partial charge in [-0.2, -0.15) is 0 Å². The molecule has 2 N–H and O–H groups in total. The van der Waals surface area contributed by atoms with Crippen molar-refractivity contribution in [3.63, 3.8) is 0 Å². The van der Waals surface area contributed by atoms with Gasteiger partial charge in [0.05, 0.1) is 0 Å². The van der Waals surface area contributed by atoms with Crippen LogP contribution in [0.3, 0.4) is 0 Å². The summed E-state index contributed by atoms with van der Waals surface area (Å²) in [4.78, 5) is 23.2. The van der Waals surface area contributed by atoms with Gasteiger partial charge in [0, 0.05) is 47.0 Å². The van der Waals surface area contributed by atoms with Crippen LogP contribution in [0, 0.1) is 0 Å². The summed E-state index contributed by atoms with van der Waals surface area (Å²) < 4.78 is 0. The number of H-pyrrole nitrogens is 1. The lowest BCUT2D eigenvalue weighted by Gasteiger charge is -2.09. The Hall–Kier alpha value is -3.21. The van der Waals surface area contributed by atoms with Crippen LogP contribution in [0.4, 0.5) is 5.69 Å². The molecule has 0 bridgehead atoms. The van der Waals surface area contributed by atoms with Crippen LogP contribution in [0.2, 0.25) is 0 Å². The molecule has 1 aromatic carbocycles. The molecular weight excluding hydrogens is 288 g/mol. The third-order valence-corrected chi connectivity index (χ3v) is 3.84. The average molecular weight is 302 g/mol. The summed E-state index contributed by atoms with van der Waals surface area (Å²) in [5, 5.41) is 5.88. The van der Waals surface area contributed by atoms with Crippen molar-refractivity contribution in [3.8, 4) is 0 Å². The Morgan fingerprint density at radius 1 is 0.957 bits per heavy atom. The molecule has 0 spiro atoms. The zero-order valence-electron chi connectivity index (χ0n) is 12.3. The third-order valence-electron chi connectivity index (χ3n) is 3.84. The van der Waals surface area contributed by atoms with Gasteiger partial charge < -0.3 is 10.3 Å². The van der Waals surface area contributed by atoms with E-state index in [4.69, 9.17) is 0 Å². The maximum atomic E-state index is 12.2. The number of aromatic amines is 1. The first-order valence-corrected chi connectivity index (χ1v) is 7.35. The van der Waals surface area contributed by atoms with Crippen molar-refractivity contribution in [1.82, 2.24) is 15.0 Å². The monoisotopic (exact) mass is 302 g/mol. The number of nitrogens with zero attached hydrogens (tertiary/aromatic N) is 2. The fourth-order valence-electron chi connectivity index (χ4n) is 2.68. The number of hydrogen-bond acceptors (Lipinski definition) is 4. The summed E-state index contributed by atoms with van der Waals surface area (Å²) in [7, 11) is 0. The van der Waals surface area contributed by atoms with Crippen molar-refractivity contribution in [1.29, 1.82) is 0 Å². The molecule has 0 aliphatic rings. The minimum atomic E-state index is -0.119. The fraction of sp³-hybridized carbons (Fsp3) is 0.0556. The van der Waals surface area contributed by atoms with E-state index in [9.17, 15) is 4.79 Å². The van der Waals surface area contributed by atoms with Crippen LogP contribution in [0.1, 0.15) is 5.56 Å². The minimum Gasteiger partial charge on any atom is -0.381 e. The van der Waals surface area contributed by atoms with Crippen LogP contribution in [-0.4, -0.2) is 15.0 Å². The molecule has 4 rings (SSSR count). The molecule has 5 nitrogen and oxygen atoms in total. The lowest BCUT2D eigenvalue weighted by Crippen LogP contribution is -2.07. The zero-order chi connectivity index (χ0) is 15.6. The van der Waals surface area contributed by atoms with E-state index < -0.39 is 0 Å². The molecule has 0 aliphatic heterocycles. The molecule has 0 atom stereocenters. The van der Waals surface area contributed by atoms with Gasteiger partial charge in [-0.15, -0.1) is 0 Å². The molecule has 0 aliphatic carbocycles. The summed E-state index contributed by atoms with van der Waals surface area (Å²) in [6, 6.07) is 13.5. The van der Waals surface area contributed by atoms with Gasteiger partial charge >= 0.3 is 0 Å². The summed E-state index contributed by atoms with van der Waals surface area (Å²) in [5.74, 6) is 0. The molecule has 3 heterocycles. The van der Waals surface area contributed by atoms with Crippen LogP contribution < -0.4 is 10.9 Å². The number of rotatable bonds is 3. The summed E-state index contributed by atoms with van der Waals surface area (Å²) in [5.41, 5.74) is 2.60. The second kappa shape index (κ2) is 5.53. The summed E-state index contributed by atoms with van der Waals surface area (Å²) in [6.45, 7) is 0.702. The molecule has 0 saturated carbocycles. The van der Waals surface area contributed by atoms with Crippen LogP contribution >= 0.6 is 0 Å². The van der Waals surface area contributed by atoms with E-state index in [1.165, 1.54) is 0 Å². The van der Waals surface area contributed by atoms with E-state index in [-0.39, 0.29) is 5.56 Å². The lowest BCUT2D eigenvalue weighted by molar-refractivity contribution is 1.13. The minimum absolute atomic E-state index is 0.119. The van der Waals surface area contributed by atoms with E-state index >= 15 is 0 Å². The predicted octanol–water partition coefficient (Wildman–Crippen LogP) is 3.08. The number of pyridine rings is 3. The van der Waals surface area contributed by atoms with Gasteiger partial charge in [-0.05, 0) is 48.0 Å². The Balaban J connectivity index is 1.77. The molecular formula is C18H14N4O. The maximum Gasteiger partial charge on any atom is 0.257 e. The summed E-state index contributed by atoms with van der Waals surface area (Å²) >= 11 is 0. The van der Waals surface area contributed by atoms with Gasteiger partial charge in [0.25, 0.3) is 5.56 Å². The van der Waals surface area contributed by atoms with Crippen LogP contribution in [0.5, 0.6) is 0 Å². The van der Waals surface area contributed by atoms with Gasteiger partial charge in [-0.1, -0.05) is 0 Å². The van der Waals surface area contributed by atoms with E-state index in [0.29, 0.717) is 17.6 Å². The quantitative estimate of drug-likeness (QED) is 0.571. The molecule has 5 heteroatoms. The van der Waals surface area contributed by atoms with Gasteiger partial charge in [0.1, 0.15) is 5.65 Å². The van der Waals surface area contributed by atoms with Crippen LogP contribution in [0.15, 0.2) is 65.8 Å². The number of fused-ring (bicyclic) bond motifs is 3. The average Bonchev–Trinajstić information content (AvgIpc) is 2.61. The highest BCUT2D eigenvalue weighted by atomic mass is 16.1. The van der Waals surface area contributed by atoms with Crippen molar-refractivity contribution in [2.75, 3.05) is 5.32 Å². The number of nitrogens with one attached hydrogen (secondary N) is 2. The van der Waals surface area contributed by atoms with Gasteiger partial charge in [-0.25, -0.2) is 4.98 Å². The zero-order valence-corrected chi connectivity index (χ0v) is 12.3. The van der Waals surface area contributed by atoms with Gasteiger partial charge in [0.2, 0.25) is 0 Å². The molecule has 0 amide bonds. The second-order valence-corrected chi connectivity index (χ2v) is 5.32. The Kier molecular flexibility index (Phi) is 3.24. The number of anilines is 1. The Morgan fingerprint density at radius 3 is 2.70 bits per heavy atom. The fourth-order valence-corrected chi connectivity index (χ4v) is 2.68. The predicted molar refractivity (Wildman–Crippen MR) is 91.4 cm³/mol. The van der Waals surface area contributed by atoms with E-state index in [1.54, 1.807) is 18.6 Å². The normalized spacial score (nSPS) is 11.0. The largest absolute Gasteiger partial charge is 0.381 e. The SMILES string of the molecule is O=c1[nH]c2ncccc2c2cc(NCc3ccncc3)ccc12. The maximum absolute atomic E-state index is 12.2. The first kappa shape index (κ1) is 13.5. The van der Waals surface area contributed by atoms with Crippen LogP contribution in [-0.2, 0) is 6.54 Å². The molecule has 4 aromatic rings. The van der Waals surface area contributed by atoms with Gasteiger partial charge in [0.15, 0.2) is 0 Å². The Morgan fingerprint density at radius 2 is 1.83 bits per heavy atom. The number of hydrogen-bond donors (Lipinski definition) is 2. The molecule has 3 aromatic heterocycles. The van der Waals surface area contributed by atoms with Crippen LogP contribution in [0.25, 0.3) is 21.8 Å². The molecule has 0 radical (unpaired) electrons. The second-order valence-electron chi connectivity index (χ2n) is 5.32. The van der Waals surface area contributed by atoms with E-state index in [0.717, 1.165) is 22.0 Å². The number of aromatic nitrogens is 3. The third kappa shape index (κ3) is 2.53. The van der Waals surface area contributed by atoms with Gasteiger partial charge in [-0.3, -0.25) is 9.78 Å². The highest BCUT2D eigenvalue weighted by Crippen LogP contribution is 2.23. The highest BCUT2D eigenvalue weighted by Gasteiger charge is 2.06. The van der Waals surface area contributed by atoms with Crippen molar-refractivity contribution in [2.24, 2.45) is 0 Å².